The van der Waals surface area contributed by atoms with Crippen molar-refractivity contribution in [1.82, 2.24) is 0 Å². The van der Waals surface area contributed by atoms with Gasteiger partial charge >= 0.3 is 0 Å². The molecule has 4 heteroatoms. The van der Waals surface area contributed by atoms with Crippen LogP contribution in [0.2, 0.25) is 0 Å². The maximum Gasteiger partial charge on any atom is 0.182 e. The molecule has 1 heterocycles. The van der Waals surface area contributed by atoms with Crippen LogP contribution in [-0.4, -0.2) is 12.2 Å². The monoisotopic (exact) mass is 222 g/mol. The number of halogens is 1. The summed E-state index contributed by atoms with van der Waals surface area (Å²) in [5.41, 5.74) is 0.785. The number of hydrogen-bond acceptors (Lipinski definition) is 3. The molecule has 2 nitrogen and oxygen atoms in total. The molecule has 0 aliphatic heterocycles. The average Bonchev–Trinajstić information content (AvgIpc) is 2.34. The molecule has 1 unspecified atom stereocenters. The van der Waals surface area contributed by atoms with Crippen LogP contribution < -0.4 is 0 Å². The van der Waals surface area contributed by atoms with Gasteiger partial charge in [-0.15, -0.1) is 0 Å². The van der Waals surface area contributed by atoms with Crippen molar-refractivity contribution in [3.63, 3.8) is 0 Å². The van der Waals surface area contributed by atoms with Gasteiger partial charge in [-0.1, -0.05) is 0 Å². The van der Waals surface area contributed by atoms with E-state index in [9.17, 15) is 0 Å². The maximum absolute atomic E-state index is 9.15. The largest absolute Gasteiger partial charge is 0.364 e. The fraction of sp³-hybridized carbons (Fsp3) is 0.333. The number of thiophene rings is 1. The molecule has 0 amide bonds. The molecule has 1 rings (SSSR count). The second-order valence-corrected chi connectivity index (χ2v) is 3.36. The van der Waals surface area contributed by atoms with Crippen molar-refractivity contribution >= 4 is 27.3 Å². The fourth-order valence-corrected chi connectivity index (χ4v) is 2.09. The van der Waals surface area contributed by atoms with Crippen LogP contribution in [-0.2, 0) is 4.74 Å². The minimum absolute atomic E-state index is 0.785. The number of aliphatic hydroxyl groups excluding tert-OH is 1. The molecule has 0 fully saturated rings. The third-order valence-corrected chi connectivity index (χ3v) is 2.88. The SMILES string of the molecule is COC(O)c1cscc1Br. The lowest BCUT2D eigenvalue weighted by molar-refractivity contribution is -0.0771. The number of aliphatic hydroxyl groups is 1. The standard InChI is InChI=1S/C6H7BrO2S/c1-9-6(8)4-2-10-3-5(4)7/h2-3,6,8H,1H3. The molecule has 0 spiro atoms. The molecule has 0 bridgehead atoms. The molecule has 1 N–H and O–H groups in total. The number of rotatable bonds is 2. The molecule has 0 aliphatic rings. The van der Waals surface area contributed by atoms with Gasteiger partial charge in [-0.2, -0.15) is 11.3 Å². The van der Waals surface area contributed by atoms with E-state index in [1.807, 2.05) is 10.8 Å². The lowest BCUT2D eigenvalue weighted by Crippen LogP contribution is -1.97. The van der Waals surface area contributed by atoms with Crippen molar-refractivity contribution in [3.05, 3.63) is 20.8 Å². The van der Waals surface area contributed by atoms with Crippen LogP contribution in [0.4, 0.5) is 0 Å². The van der Waals surface area contributed by atoms with E-state index in [2.05, 4.69) is 15.9 Å². The van der Waals surface area contributed by atoms with Gasteiger partial charge in [0.2, 0.25) is 0 Å². The fourth-order valence-electron chi connectivity index (χ4n) is 0.595. The first-order chi connectivity index (χ1) is 4.75. The maximum atomic E-state index is 9.15. The Morgan fingerprint density at radius 2 is 2.40 bits per heavy atom. The highest BCUT2D eigenvalue weighted by Crippen LogP contribution is 2.27. The predicted octanol–water partition coefficient (Wildman–Crippen LogP) is 2.15. The Hall–Kier alpha value is 0.100. The molecule has 0 saturated heterocycles. The summed E-state index contributed by atoms with van der Waals surface area (Å²) < 4.78 is 5.60. The van der Waals surface area contributed by atoms with Gasteiger partial charge in [-0.05, 0) is 15.9 Å². The van der Waals surface area contributed by atoms with Crippen LogP contribution in [0.5, 0.6) is 0 Å². The Balaban J connectivity index is 2.82. The van der Waals surface area contributed by atoms with Gasteiger partial charge in [0, 0.05) is 27.9 Å². The molecule has 1 aromatic heterocycles. The van der Waals surface area contributed by atoms with Crippen LogP contribution in [0, 0.1) is 0 Å². The molecule has 0 radical (unpaired) electrons. The summed E-state index contributed by atoms with van der Waals surface area (Å²) in [6.07, 6.45) is -0.805. The zero-order valence-electron chi connectivity index (χ0n) is 5.37. The third-order valence-electron chi connectivity index (χ3n) is 1.13. The predicted molar refractivity (Wildman–Crippen MR) is 44.0 cm³/mol. The van der Waals surface area contributed by atoms with Crippen molar-refractivity contribution in [2.75, 3.05) is 7.11 Å². The Morgan fingerprint density at radius 1 is 1.70 bits per heavy atom. The van der Waals surface area contributed by atoms with Crippen molar-refractivity contribution in [3.8, 4) is 0 Å². The zero-order chi connectivity index (χ0) is 7.56. The van der Waals surface area contributed by atoms with Gasteiger partial charge in [-0.25, -0.2) is 0 Å². The van der Waals surface area contributed by atoms with Gasteiger partial charge < -0.3 is 9.84 Å². The minimum Gasteiger partial charge on any atom is -0.364 e. The number of ether oxygens (including phenoxy) is 1. The van der Waals surface area contributed by atoms with Gasteiger partial charge in [0.15, 0.2) is 6.29 Å². The second kappa shape index (κ2) is 3.48. The normalized spacial score (nSPS) is 13.5. The van der Waals surface area contributed by atoms with Crippen LogP contribution >= 0.6 is 27.3 Å². The first-order valence-electron chi connectivity index (χ1n) is 2.68. The molecule has 1 aromatic rings. The van der Waals surface area contributed by atoms with E-state index >= 15 is 0 Å². The summed E-state index contributed by atoms with van der Waals surface area (Å²) in [6, 6.07) is 0. The minimum atomic E-state index is -0.805. The van der Waals surface area contributed by atoms with Gasteiger partial charge in [0.25, 0.3) is 0 Å². The van der Waals surface area contributed by atoms with E-state index in [1.54, 1.807) is 0 Å². The van der Waals surface area contributed by atoms with E-state index < -0.39 is 6.29 Å². The van der Waals surface area contributed by atoms with Crippen LogP contribution in [0.25, 0.3) is 0 Å². The Kier molecular flexibility index (Phi) is 2.85. The van der Waals surface area contributed by atoms with Crippen molar-refractivity contribution < 1.29 is 9.84 Å². The van der Waals surface area contributed by atoms with Gasteiger partial charge in [0.1, 0.15) is 0 Å². The van der Waals surface area contributed by atoms with Crippen molar-refractivity contribution in [2.45, 2.75) is 6.29 Å². The zero-order valence-corrected chi connectivity index (χ0v) is 7.78. The Bertz CT molecular complexity index is 211. The summed E-state index contributed by atoms with van der Waals surface area (Å²) >= 11 is 4.80. The first kappa shape index (κ1) is 8.20. The highest BCUT2D eigenvalue weighted by molar-refractivity contribution is 9.10. The van der Waals surface area contributed by atoms with Crippen molar-refractivity contribution in [2.24, 2.45) is 0 Å². The van der Waals surface area contributed by atoms with Gasteiger partial charge in [-0.3, -0.25) is 0 Å². The Morgan fingerprint density at radius 3 is 2.80 bits per heavy atom. The highest BCUT2D eigenvalue weighted by Gasteiger charge is 2.09. The smallest absolute Gasteiger partial charge is 0.182 e. The summed E-state index contributed by atoms with van der Waals surface area (Å²) in [6.45, 7) is 0. The number of methoxy groups -OCH3 is 1. The molecule has 56 valence electrons. The molecule has 0 saturated carbocycles. The topological polar surface area (TPSA) is 29.5 Å². The average molecular weight is 223 g/mol. The van der Waals surface area contributed by atoms with Gasteiger partial charge in [0.05, 0.1) is 0 Å². The quantitative estimate of drug-likeness (QED) is 0.778. The molecule has 0 aliphatic carbocycles. The molecular weight excluding hydrogens is 216 g/mol. The van der Waals surface area contributed by atoms with E-state index in [4.69, 9.17) is 9.84 Å². The highest BCUT2D eigenvalue weighted by atomic mass is 79.9. The molecule has 0 aromatic carbocycles. The van der Waals surface area contributed by atoms with Crippen LogP contribution in [0.1, 0.15) is 11.9 Å². The van der Waals surface area contributed by atoms with E-state index in [0.29, 0.717) is 0 Å². The summed E-state index contributed by atoms with van der Waals surface area (Å²) in [4.78, 5) is 0. The summed E-state index contributed by atoms with van der Waals surface area (Å²) in [5.74, 6) is 0. The summed E-state index contributed by atoms with van der Waals surface area (Å²) in [5, 5.41) is 12.9. The van der Waals surface area contributed by atoms with E-state index in [-0.39, 0.29) is 0 Å². The van der Waals surface area contributed by atoms with E-state index in [1.165, 1.54) is 18.4 Å². The lowest BCUT2D eigenvalue weighted by atomic mass is 10.3. The number of hydrogen-bond donors (Lipinski definition) is 1. The first-order valence-corrected chi connectivity index (χ1v) is 4.41. The molecule has 1 atom stereocenters. The summed E-state index contributed by atoms with van der Waals surface area (Å²) in [7, 11) is 1.47. The van der Waals surface area contributed by atoms with E-state index in [0.717, 1.165) is 10.0 Å². The molecule has 10 heavy (non-hydrogen) atoms. The Labute approximate surface area is 71.6 Å². The lowest BCUT2D eigenvalue weighted by Gasteiger charge is -2.05. The van der Waals surface area contributed by atoms with Crippen LogP contribution in [0.15, 0.2) is 15.2 Å². The second-order valence-electron chi connectivity index (χ2n) is 1.76. The third kappa shape index (κ3) is 1.58. The molecular formula is C6H7BrO2S. The van der Waals surface area contributed by atoms with Crippen molar-refractivity contribution in [1.29, 1.82) is 0 Å². The van der Waals surface area contributed by atoms with Crippen LogP contribution in [0.3, 0.4) is 0 Å².